The highest BCUT2D eigenvalue weighted by atomic mass is 32.1. The quantitative estimate of drug-likeness (QED) is 0.778. The maximum atomic E-state index is 12.2. The summed E-state index contributed by atoms with van der Waals surface area (Å²) in [5, 5.41) is 4.83. The molecule has 0 aromatic carbocycles. The number of carbonyl (C=O) groups is 1. The fourth-order valence-corrected chi connectivity index (χ4v) is 2.84. The molecule has 3 heterocycles. The molecule has 0 saturated carbocycles. The Balaban J connectivity index is 1.89. The summed E-state index contributed by atoms with van der Waals surface area (Å²) in [4.78, 5) is 16.4. The highest BCUT2D eigenvalue weighted by molar-refractivity contribution is 7.17. The Morgan fingerprint density at radius 1 is 1.37 bits per heavy atom. The van der Waals surface area contributed by atoms with Gasteiger partial charge >= 0.3 is 0 Å². The lowest BCUT2D eigenvalue weighted by Gasteiger charge is -2.05. The summed E-state index contributed by atoms with van der Waals surface area (Å²) in [6.45, 7) is 1.96. The van der Waals surface area contributed by atoms with Gasteiger partial charge in [-0.05, 0) is 36.1 Å². The van der Waals surface area contributed by atoms with E-state index in [2.05, 4.69) is 10.3 Å². The zero-order chi connectivity index (χ0) is 13.4. The van der Waals surface area contributed by atoms with Crippen LogP contribution in [0, 0.1) is 6.92 Å². The summed E-state index contributed by atoms with van der Waals surface area (Å²) in [5.41, 5.74) is 2.79. The first-order valence-electron chi connectivity index (χ1n) is 5.92. The number of hydrogen-bond acceptors (Lipinski definition) is 3. The van der Waals surface area contributed by atoms with Gasteiger partial charge in [0.2, 0.25) is 0 Å². The van der Waals surface area contributed by atoms with Crippen LogP contribution < -0.4 is 5.32 Å². The Labute approximate surface area is 114 Å². The molecule has 0 aliphatic carbocycles. The third-order valence-corrected chi connectivity index (χ3v) is 3.90. The molecule has 3 aromatic rings. The van der Waals surface area contributed by atoms with Crippen molar-refractivity contribution in [1.29, 1.82) is 0 Å². The largest absolute Gasteiger partial charge is 0.339 e. The molecule has 4 nitrogen and oxygen atoms in total. The molecule has 0 saturated heterocycles. The molecule has 0 aliphatic heterocycles. The van der Waals surface area contributed by atoms with E-state index in [-0.39, 0.29) is 5.91 Å². The van der Waals surface area contributed by atoms with Crippen molar-refractivity contribution >= 4 is 33.3 Å². The van der Waals surface area contributed by atoms with Crippen LogP contribution >= 0.6 is 11.3 Å². The van der Waals surface area contributed by atoms with Gasteiger partial charge in [-0.15, -0.1) is 11.3 Å². The Morgan fingerprint density at radius 3 is 2.89 bits per heavy atom. The molecule has 0 fully saturated rings. The van der Waals surface area contributed by atoms with Crippen LogP contribution in [0.2, 0.25) is 0 Å². The number of pyridine rings is 1. The summed E-state index contributed by atoms with van der Waals surface area (Å²) >= 11 is 1.63. The van der Waals surface area contributed by atoms with E-state index in [1.165, 1.54) is 0 Å². The fourth-order valence-electron chi connectivity index (χ4n) is 1.99. The SMILES string of the molecule is Cc1ccc(NC(=O)c2cc3sccc3n2C)nc1. The monoisotopic (exact) mass is 271 g/mol. The summed E-state index contributed by atoms with van der Waals surface area (Å²) in [7, 11) is 1.90. The van der Waals surface area contributed by atoms with E-state index in [0.29, 0.717) is 11.5 Å². The first kappa shape index (κ1) is 11.9. The molecule has 0 bridgehead atoms. The minimum Gasteiger partial charge on any atom is -0.339 e. The Bertz CT molecular complexity index is 740. The standard InChI is InChI=1S/C14H13N3OS/c1-9-3-4-13(15-8-9)16-14(18)11-7-12-10(17(11)2)5-6-19-12/h3-8H,1-2H3,(H,15,16,18). The second kappa shape index (κ2) is 4.51. The molecule has 0 spiro atoms. The molecule has 19 heavy (non-hydrogen) atoms. The van der Waals surface area contributed by atoms with Gasteiger partial charge in [-0.25, -0.2) is 4.98 Å². The lowest BCUT2D eigenvalue weighted by Crippen LogP contribution is -2.16. The summed E-state index contributed by atoms with van der Waals surface area (Å²) < 4.78 is 3.01. The zero-order valence-electron chi connectivity index (χ0n) is 10.7. The van der Waals surface area contributed by atoms with Crippen molar-refractivity contribution < 1.29 is 4.79 Å². The van der Waals surface area contributed by atoms with Gasteiger partial charge in [0, 0.05) is 13.2 Å². The number of amides is 1. The maximum absolute atomic E-state index is 12.2. The lowest BCUT2D eigenvalue weighted by molar-refractivity contribution is 0.101. The van der Waals surface area contributed by atoms with Crippen molar-refractivity contribution in [3.63, 3.8) is 0 Å². The highest BCUT2D eigenvalue weighted by Crippen LogP contribution is 2.24. The van der Waals surface area contributed by atoms with Crippen LogP contribution in [-0.2, 0) is 7.05 Å². The van der Waals surface area contributed by atoms with Crippen molar-refractivity contribution in [3.05, 3.63) is 47.1 Å². The van der Waals surface area contributed by atoms with Crippen molar-refractivity contribution in [3.8, 4) is 0 Å². The average Bonchev–Trinajstić information content (AvgIpc) is 2.96. The molecular weight excluding hydrogens is 258 g/mol. The van der Waals surface area contributed by atoms with E-state index in [0.717, 1.165) is 15.8 Å². The Morgan fingerprint density at radius 2 is 2.21 bits per heavy atom. The molecule has 0 aliphatic rings. The molecule has 0 radical (unpaired) electrons. The van der Waals surface area contributed by atoms with Gasteiger partial charge in [-0.1, -0.05) is 6.07 Å². The fraction of sp³-hybridized carbons (Fsp3) is 0.143. The maximum Gasteiger partial charge on any atom is 0.273 e. The van der Waals surface area contributed by atoms with Crippen LogP contribution in [0.1, 0.15) is 16.1 Å². The molecule has 3 aromatic heterocycles. The van der Waals surface area contributed by atoms with Gasteiger partial charge in [0.1, 0.15) is 11.5 Å². The van der Waals surface area contributed by atoms with Gasteiger partial charge in [-0.2, -0.15) is 0 Å². The number of carbonyl (C=O) groups excluding carboxylic acids is 1. The number of rotatable bonds is 2. The van der Waals surface area contributed by atoms with E-state index in [1.807, 2.05) is 42.1 Å². The molecule has 0 atom stereocenters. The van der Waals surface area contributed by atoms with Crippen molar-refractivity contribution in [1.82, 2.24) is 9.55 Å². The van der Waals surface area contributed by atoms with Crippen LogP contribution in [0.15, 0.2) is 35.8 Å². The second-order valence-corrected chi connectivity index (χ2v) is 5.38. The summed E-state index contributed by atoms with van der Waals surface area (Å²) in [6.07, 6.45) is 1.74. The highest BCUT2D eigenvalue weighted by Gasteiger charge is 2.14. The number of aryl methyl sites for hydroxylation is 2. The van der Waals surface area contributed by atoms with Crippen LogP contribution in [0.4, 0.5) is 5.82 Å². The zero-order valence-corrected chi connectivity index (χ0v) is 11.5. The molecular formula is C14H13N3OS. The second-order valence-electron chi connectivity index (χ2n) is 4.43. The Kier molecular flexibility index (Phi) is 2.83. The predicted molar refractivity (Wildman–Crippen MR) is 77.7 cm³/mol. The van der Waals surface area contributed by atoms with Crippen molar-refractivity contribution in [2.45, 2.75) is 6.92 Å². The molecule has 0 unspecified atom stereocenters. The minimum absolute atomic E-state index is 0.137. The van der Waals surface area contributed by atoms with Gasteiger partial charge in [-0.3, -0.25) is 4.79 Å². The van der Waals surface area contributed by atoms with Crippen LogP contribution in [0.3, 0.4) is 0 Å². The van der Waals surface area contributed by atoms with Gasteiger partial charge < -0.3 is 9.88 Å². The Hall–Kier alpha value is -2.14. The van der Waals surface area contributed by atoms with Crippen molar-refractivity contribution in [2.75, 3.05) is 5.32 Å². The molecule has 1 N–H and O–H groups in total. The van der Waals surface area contributed by atoms with E-state index in [1.54, 1.807) is 23.6 Å². The lowest BCUT2D eigenvalue weighted by atomic mass is 10.3. The first-order chi connectivity index (χ1) is 9.15. The molecule has 96 valence electrons. The van der Waals surface area contributed by atoms with E-state index >= 15 is 0 Å². The van der Waals surface area contributed by atoms with E-state index in [4.69, 9.17) is 0 Å². The number of hydrogen-bond donors (Lipinski definition) is 1. The molecule has 3 rings (SSSR count). The third-order valence-electron chi connectivity index (χ3n) is 3.05. The van der Waals surface area contributed by atoms with Gasteiger partial charge in [0.15, 0.2) is 0 Å². The summed E-state index contributed by atoms with van der Waals surface area (Å²) in [6, 6.07) is 7.65. The van der Waals surface area contributed by atoms with E-state index < -0.39 is 0 Å². The number of anilines is 1. The number of nitrogens with zero attached hydrogens (tertiary/aromatic N) is 2. The molecule has 1 amide bonds. The topological polar surface area (TPSA) is 46.9 Å². The van der Waals surface area contributed by atoms with Crippen LogP contribution in [0.5, 0.6) is 0 Å². The number of nitrogens with one attached hydrogen (secondary N) is 1. The normalized spacial score (nSPS) is 10.8. The van der Waals surface area contributed by atoms with Gasteiger partial charge in [0.05, 0.1) is 10.2 Å². The van der Waals surface area contributed by atoms with E-state index in [9.17, 15) is 4.79 Å². The number of thiophene rings is 1. The predicted octanol–water partition coefficient (Wildman–Crippen LogP) is 3.20. The van der Waals surface area contributed by atoms with Crippen LogP contribution in [0.25, 0.3) is 10.2 Å². The van der Waals surface area contributed by atoms with Gasteiger partial charge in [0.25, 0.3) is 5.91 Å². The summed E-state index contributed by atoms with van der Waals surface area (Å²) in [5.74, 6) is 0.433. The number of aromatic nitrogens is 2. The van der Waals surface area contributed by atoms with Crippen molar-refractivity contribution in [2.24, 2.45) is 7.05 Å². The molecule has 5 heteroatoms. The third kappa shape index (κ3) is 2.13. The minimum atomic E-state index is -0.137. The number of fused-ring (bicyclic) bond motifs is 1. The smallest absolute Gasteiger partial charge is 0.273 e. The average molecular weight is 271 g/mol. The van der Waals surface area contributed by atoms with Crippen LogP contribution in [-0.4, -0.2) is 15.5 Å². The first-order valence-corrected chi connectivity index (χ1v) is 6.80.